The largest absolute Gasteiger partial charge is 0.493 e. The van der Waals surface area contributed by atoms with E-state index in [9.17, 15) is 4.79 Å². The van der Waals surface area contributed by atoms with E-state index >= 15 is 4.79 Å². The zero-order valence-corrected chi connectivity index (χ0v) is 39.3. The predicted molar refractivity (Wildman–Crippen MR) is 248 cm³/mol. The van der Waals surface area contributed by atoms with E-state index in [4.69, 9.17) is 47.4 Å². The molecular weight excluding hydrogens is 845 g/mol. The monoisotopic (exact) mass is 910 g/mol. The molecule has 0 aliphatic carbocycles. The first-order valence-electron chi connectivity index (χ1n) is 23.6. The van der Waals surface area contributed by atoms with Gasteiger partial charge in [0.15, 0.2) is 34.2 Å². The van der Waals surface area contributed by atoms with E-state index in [1.807, 2.05) is 30.0 Å². The van der Waals surface area contributed by atoms with Crippen molar-refractivity contribution in [2.45, 2.75) is 76.7 Å². The molecule has 4 aliphatic rings. The summed E-state index contributed by atoms with van der Waals surface area (Å²) in [7, 11) is 6.66. The van der Waals surface area contributed by atoms with E-state index in [1.54, 1.807) is 40.6 Å². The number of allylic oxidation sites excluding steroid dienone is 1. The van der Waals surface area contributed by atoms with Crippen LogP contribution in [0.2, 0.25) is 0 Å². The summed E-state index contributed by atoms with van der Waals surface area (Å²) in [5.74, 6) is 2.29. The fraction of sp³-hybridized carbons (Fsp3) is 0.538. The average Bonchev–Trinajstić information content (AvgIpc) is 3.35. The summed E-state index contributed by atoms with van der Waals surface area (Å²) in [6.07, 6.45) is 7.13. The lowest BCUT2D eigenvalue weighted by atomic mass is 9.72. The molecule has 8 rings (SSSR count). The molecule has 0 spiro atoms. The number of fused-ring (bicyclic) bond motifs is 5. The van der Waals surface area contributed by atoms with Crippen molar-refractivity contribution < 1.29 is 52.2 Å². The van der Waals surface area contributed by atoms with Crippen LogP contribution < -0.4 is 24.4 Å². The molecule has 3 aromatic carbocycles. The summed E-state index contributed by atoms with van der Waals surface area (Å²) in [6, 6.07) is 15.5. The lowest BCUT2D eigenvalue weighted by Crippen LogP contribution is -2.48. The van der Waals surface area contributed by atoms with Gasteiger partial charge in [0.05, 0.1) is 72.6 Å². The summed E-state index contributed by atoms with van der Waals surface area (Å²) in [4.78, 5) is 34.5. The van der Waals surface area contributed by atoms with E-state index < -0.39 is 18.1 Å². The van der Waals surface area contributed by atoms with Gasteiger partial charge in [0.2, 0.25) is 6.29 Å². The van der Waals surface area contributed by atoms with Crippen molar-refractivity contribution in [1.29, 1.82) is 0 Å². The smallest absolute Gasteiger partial charge is 0.289 e. The van der Waals surface area contributed by atoms with Crippen LogP contribution in [-0.4, -0.2) is 115 Å². The number of benzene rings is 3. The molecule has 66 heavy (non-hydrogen) atoms. The molecule has 7 atom stereocenters. The Morgan fingerprint density at radius 1 is 0.803 bits per heavy atom. The highest BCUT2D eigenvalue weighted by Crippen LogP contribution is 2.50. The van der Waals surface area contributed by atoms with Crippen LogP contribution in [0.25, 0.3) is 11.0 Å². The van der Waals surface area contributed by atoms with Crippen LogP contribution in [-0.2, 0) is 36.6 Å². The van der Waals surface area contributed by atoms with Gasteiger partial charge in [-0.1, -0.05) is 25.5 Å². The fourth-order valence-corrected chi connectivity index (χ4v) is 10.9. The Labute approximate surface area is 387 Å². The number of carbonyl (C=O) groups excluding carboxylic acids is 1. The topological polar surface area (TPSA) is 148 Å². The van der Waals surface area contributed by atoms with Gasteiger partial charge in [-0.15, -0.1) is 0 Å². The lowest BCUT2D eigenvalue weighted by Gasteiger charge is -2.49. The second-order valence-corrected chi connectivity index (χ2v) is 17.7. The molecule has 356 valence electrons. The molecule has 4 aromatic rings. The van der Waals surface area contributed by atoms with Gasteiger partial charge in [-0.05, 0) is 116 Å². The third-order valence-corrected chi connectivity index (χ3v) is 14.3. The van der Waals surface area contributed by atoms with Crippen LogP contribution in [0.1, 0.15) is 85.3 Å². The number of ether oxygens (including phenoxy) is 8. The summed E-state index contributed by atoms with van der Waals surface area (Å²) in [5, 5.41) is 9.56. The highest BCUT2D eigenvalue weighted by molar-refractivity contribution is 5.92. The van der Waals surface area contributed by atoms with Gasteiger partial charge < -0.3 is 52.3 Å². The van der Waals surface area contributed by atoms with Gasteiger partial charge in [-0.2, -0.15) is 0 Å². The Morgan fingerprint density at radius 2 is 1.47 bits per heavy atom. The summed E-state index contributed by atoms with van der Waals surface area (Å²) >= 11 is 0. The zero-order valence-electron chi connectivity index (χ0n) is 39.3. The first-order chi connectivity index (χ1) is 32.2. The van der Waals surface area contributed by atoms with Gasteiger partial charge in [0.25, 0.3) is 5.91 Å². The first-order valence-corrected chi connectivity index (χ1v) is 23.6. The van der Waals surface area contributed by atoms with Crippen LogP contribution in [0.15, 0.2) is 75.8 Å². The highest BCUT2D eigenvalue weighted by atomic mass is 16.7. The highest BCUT2D eigenvalue weighted by Gasteiger charge is 2.45. The van der Waals surface area contributed by atoms with Crippen LogP contribution >= 0.6 is 0 Å². The second-order valence-electron chi connectivity index (χ2n) is 17.7. The molecule has 1 amide bonds. The number of amides is 1. The number of aliphatic hydroxyl groups excluding tert-OH is 1. The van der Waals surface area contributed by atoms with Crippen molar-refractivity contribution in [2.75, 3.05) is 87.7 Å². The van der Waals surface area contributed by atoms with Crippen molar-refractivity contribution in [3.05, 3.63) is 105 Å². The molecule has 5 heterocycles. The Morgan fingerprint density at radius 3 is 2.17 bits per heavy atom. The van der Waals surface area contributed by atoms with Gasteiger partial charge in [0, 0.05) is 56.3 Å². The normalized spacial score (nSPS) is 23.8. The minimum Gasteiger partial charge on any atom is -0.493 e. The molecule has 1 fully saturated rings. The number of carbonyl (C=O) groups is 1. The number of para-hydroxylation sites is 1. The van der Waals surface area contributed by atoms with E-state index in [2.05, 4.69) is 36.1 Å². The third-order valence-electron chi connectivity index (χ3n) is 14.3. The standard InChI is InChI=1S/C52H66N2O12/c1-7-32-30-53-16-13-33-25-45(58-3)47(60-5)27-38(33)42(53)23-35(32)24-43-39-28-48(61-6)46(59-4)26-34(39)14-17-54(43)51(57)49-29-40(41-31-65-44-12-10-9-11-37(44)50(41)56)36(52(66-49)64-8-2)15-19-62-21-22-63-20-18-55/h9-12,25-29,31-32,35-36,40,42-43,52,55H,7-8,13-24,30H2,1-6H3/t32-,35+,36+,40+,42-,43+,52-/m0/s1. The van der Waals surface area contributed by atoms with Crippen LogP contribution in [0.3, 0.4) is 0 Å². The van der Waals surface area contributed by atoms with Crippen LogP contribution in [0.5, 0.6) is 23.0 Å². The van der Waals surface area contributed by atoms with E-state index in [0.29, 0.717) is 79.8 Å². The molecule has 1 aromatic heterocycles. The number of nitrogens with zero attached hydrogens (tertiary/aromatic N) is 2. The summed E-state index contributed by atoms with van der Waals surface area (Å²) in [6.45, 7) is 8.03. The number of hydrogen-bond donors (Lipinski definition) is 1. The van der Waals surface area contributed by atoms with Gasteiger partial charge >= 0.3 is 0 Å². The van der Waals surface area contributed by atoms with Gasteiger partial charge in [-0.25, -0.2) is 0 Å². The molecule has 14 heteroatoms. The van der Waals surface area contributed by atoms with Crippen molar-refractivity contribution in [2.24, 2.45) is 17.8 Å². The molecule has 4 aliphatic heterocycles. The van der Waals surface area contributed by atoms with Crippen molar-refractivity contribution in [3.63, 3.8) is 0 Å². The molecule has 0 saturated carbocycles. The summed E-state index contributed by atoms with van der Waals surface area (Å²) < 4.78 is 53.6. The molecule has 0 radical (unpaired) electrons. The van der Waals surface area contributed by atoms with Crippen molar-refractivity contribution in [1.82, 2.24) is 9.80 Å². The van der Waals surface area contributed by atoms with Gasteiger partial charge in [-0.3, -0.25) is 14.5 Å². The number of hydrogen-bond acceptors (Lipinski definition) is 13. The van der Waals surface area contributed by atoms with E-state index in [1.165, 1.54) is 17.4 Å². The molecular formula is C52H66N2O12. The lowest BCUT2D eigenvalue weighted by molar-refractivity contribution is -0.173. The van der Waals surface area contributed by atoms with E-state index in [0.717, 1.165) is 61.4 Å². The second kappa shape index (κ2) is 21.7. The molecule has 1 saturated heterocycles. The van der Waals surface area contributed by atoms with Crippen molar-refractivity contribution >= 4 is 16.9 Å². The Balaban J connectivity index is 1.16. The fourth-order valence-electron chi connectivity index (χ4n) is 10.9. The summed E-state index contributed by atoms with van der Waals surface area (Å²) in [5.41, 5.74) is 5.44. The number of rotatable bonds is 19. The third kappa shape index (κ3) is 9.66. The Kier molecular flexibility index (Phi) is 15.6. The maximum absolute atomic E-state index is 15.5. The number of piperidine rings is 1. The SMILES string of the molecule is CCO[C@H]1OC(C(=O)N2CCc3cc(OC)c(OC)cc3[C@H]2C[C@H]2C[C@H]3c4cc(OC)c(OC)cc4CCN3C[C@@H]2CC)=C[C@@H](c2coc3ccccc3c2=O)[C@H]1CCOCCOCCO. The number of aliphatic hydroxyl groups is 1. The quantitative estimate of drug-likeness (QED) is 0.0935. The van der Waals surface area contributed by atoms with Crippen LogP contribution in [0.4, 0.5) is 0 Å². The maximum atomic E-state index is 15.5. The van der Waals surface area contributed by atoms with Gasteiger partial charge in [0.1, 0.15) is 5.58 Å². The Bertz CT molecular complexity index is 2400. The minimum absolute atomic E-state index is 0.0626. The zero-order chi connectivity index (χ0) is 46.3. The first kappa shape index (κ1) is 47.4. The Hall–Kier alpha value is -5.12. The predicted octanol–water partition coefficient (Wildman–Crippen LogP) is 7.38. The van der Waals surface area contributed by atoms with E-state index in [-0.39, 0.29) is 48.3 Å². The molecule has 0 unspecified atom stereocenters. The van der Waals surface area contributed by atoms with Crippen LogP contribution in [0, 0.1) is 17.8 Å². The maximum Gasteiger partial charge on any atom is 0.289 e. The molecule has 0 bridgehead atoms. The average molecular weight is 911 g/mol. The number of methoxy groups -OCH3 is 4. The minimum atomic E-state index is -0.861. The van der Waals surface area contributed by atoms with Crippen molar-refractivity contribution in [3.8, 4) is 23.0 Å². The molecule has 1 N–H and O–H groups in total. The molecule has 14 nitrogen and oxygen atoms in total.